The topological polar surface area (TPSA) is 90.9 Å². The van der Waals surface area contributed by atoms with Crippen LogP contribution in [0, 0.1) is 0 Å². The second-order valence-corrected chi connectivity index (χ2v) is 8.63. The lowest BCUT2D eigenvalue weighted by Gasteiger charge is -2.36. The molecule has 0 bridgehead atoms. The van der Waals surface area contributed by atoms with Crippen LogP contribution in [0.3, 0.4) is 0 Å². The third kappa shape index (κ3) is 6.85. The van der Waals surface area contributed by atoms with E-state index in [4.69, 9.17) is 16.3 Å². The van der Waals surface area contributed by atoms with Crippen molar-refractivity contribution in [3.05, 3.63) is 53.1 Å². The number of halogens is 1. The van der Waals surface area contributed by atoms with E-state index < -0.39 is 5.97 Å². The Bertz CT molecular complexity index is 945. The molecule has 1 fully saturated rings. The molecule has 2 aromatic rings. The van der Waals surface area contributed by atoms with E-state index in [2.05, 4.69) is 22.5 Å². The molecule has 3 N–H and O–H groups in total. The van der Waals surface area contributed by atoms with Crippen molar-refractivity contribution in [2.24, 2.45) is 0 Å². The van der Waals surface area contributed by atoms with E-state index in [-0.39, 0.29) is 18.4 Å². The molecular weight excluding hydrogens is 442 g/mol. The van der Waals surface area contributed by atoms with E-state index in [9.17, 15) is 14.7 Å². The summed E-state index contributed by atoms with van der Waals surface area (Å²) < 4.78 is 5.53. The van der Waals surface area contributed by atoms with Gasteiger partial charge in [-0.05, 0) is 74.1 Å². The molecule has 33 heavy (non-hydrogen) atoms. The number of nitrogens with one attached hydrogen (secondary N) is 2. The minimum Gasteiger partial charge on any atom is -0.481 e. The SMILES string of the molecule is CCC(CC(=O)O)c1ccc(N(CC)C2CCOCC2)c(NC(=O)Nc2ccc(Cl)cc2)c1. The average Bonchev–Trinajstić information content (AvgIpc) is 2.81. The highest BCUT2D eigenvalue weighted by Gasteiger charge is 2.24. The molecular formula is C25H32ClN3O4. The summed E-state index contributed by atoms with van der Waals surface area (Å²) in [7, 11) is 0. The van der Waals surface area contributed by atoms with E-state index in [1.54, 1.807) is 24.3 Å². The second kappa shape index (κ2) is 11.9. The normalized spacial score (nSPS) is 15.0. The first-order valence-corrected chi connectivity index (χ1v) is 11.8. The van der Waals surface area contributed by atoms with Gasteiger partial charge in [-0.3, -0.25) is 4.79 Å². The van der Waals surface area contributed by atoms with Gasteiger partial charge in [0.05, 0.1) is 17.8 Å². The van der Waals surface area contributed by atoms with E-state index in [1.807, 2.05) is 25.1 Å². The summed E-state index contributed by atoms with van der Waals surface area (Å²) >= 11 is 5.94. The highest BCUT2D eigenvalue weighted by molar-refractivity contribution is 6.30. The van der Waals surface area contributed by atoms with Gasteiger partial charge in [0, 0.05) is 36.5 Å². The number of ether oxygens (including phenoxy) is 1. The summed E-state index contributed by atoms with van der Waals surface area (Å²) in [5, 5.41) is 15.7. The number of rotatable bonds is 9. The Balaban J connectivity index is 1.91. The van der Waals surface area contributed by atoms with Crippen LogP contribution < -0.4 is 15.5 Å². The number of carboxylic acids is 1. The molecule has 178 valence electrons. The fourth-order valence-electron chi connectivity index (χ4n) is 4.31. The number of anilines is 3. The van der Waals surface area contributed by atoms with Crippen molar-refractivity contribution in [3.8, 4) is 0 Å². The minimum atomic E-state index is -0.835. The van der Waals surface area contributed by atoms with E-state index in [1.165, 1.54) is 0 Å². The summed E-state index contributed by atoms with van der Waals surface area (Å²) in [5.74, 6) is -0.965. The fourth-order valence-corrected chi connectivity index (χ4v) is 4.43. The van der Waals surface area contributed by atoms with Gasteiger partial charge in [0.1, 0.15) is 0 Å². The van der Waals surface area contributed by atoms with Crippen molar-refractivity contribution >= 4 is 40.7 Å². The number of hydrogen-bond donors (Lipinski definition) is 3. The highest BCUT2D eigenvalue weighted by Crippen LogP contribution is 2.35. The molecule has 0 radical (unpaired) electrons. The van der Waals surface area contributed by atoms with Gasteiger partial charge in [-0.25, -0.2) is 4.79 Å². The number of carbonyl (C=O) groups excluding carboxylic acids is 1. The molecule has 0 spiro atoms. The summed E-state index contributed by atoms with van der Waals surface area (Å²) in [5.41, 5.74) is 3.11. The fraction of sp³-hybridized carbons (Fsp3) is 0.440. The van der Waals surface area contributed by atoms with E-state index >= 15 is 0 Å². The summed E-state index contributed by atoms with van der Waals surface area (Å²) in [6.07, 6.45) is 2.58. The molecule has 8 heteroatoms. The molecule has 0 saturated carbocycles. The zero-order valence-corrected chi connectivity index (χ0v) is 19.9. The number of aliphatic carboxylic acids is 1. The standard InChI is InChI=1S/C25H32ClN3O4/c1-3-17(16-24(30)31)18-5-10-23(29(4-2)21-11-13-33-14-12-21)22(15-18)28-25(32)27-20-8-6-19(26)7-9-20/h5-10,15,17,21H,3-4,11-14,16H2,1-2H3,(H,30,31)(H2,27,28,32). The summed E-state index contributed by atoms with van der Waals surface area (Å²) in [4.78, 5) is 26.5. The molecule has 2 amide bonds. The van der Waals surface area contributed by atoms with E-state index in [0.717, 1.165) is 43.9 Å². The maximum absolute atomic E-state index is 12.8. The smallest absolute Gasteiger partial charge is 0.323 e. The Kier molecular flexibility index (Phi) is 8.97. The Morgan fingerprint density at radius 3 is 2.42 bits per heavy atom. The zero-order chi connectivity index (χ0) is 23.8. The van der Waals surface area contributed by atoms with Crippen molar-refractivity contribution in [2.45, 2.75) is 51.5 Å². The predicted octanol–water partition coefficient (Wildman–Crippen LogP) is 5.96. The van der Waals surface area contributed by atoms with Crippen LogP contribution in [0.1, 0.15) is 51.0 Å². The minimum absolute atomic E-state index is 0.0454. The summed E-state index contributed by atoms with van der Waals surface area (Å²) in [6, 6.07) is 12.7. The van der Waals surface area contributed by atoms with Crippen molar-refractivity contribution in [3.63, 3.8) is 0 Å². The molecule has 1 unspecified atom stereocenters. The predicted molar refractivity (Wildman–Crippen MR) is 133 cm³/mol. The Morgan fingerprint density at radius 2 is 1.82 bits per heavy atom. The van der Waals surface area contributed by atoms with Crippen LogP contribution in [0.25, 0.3) is 0 Å². The Hall–Kier alpha value is -2.77. The first-order chi connectivity index (χ1) is 15.9. The van der Waals surface area contributed by atoms with Crippen molar-refractivity contribution in [1.29, 1.82) is 0 Å². The van der Waals surface area contributed by atoms with Gasteiger partial charge >= 0.3 is 12.0 Å². The number of benzene rings is 2. The lowest BCUT2D eigenvalue weighted by Crippen LogP contribution is -2.40. The maximum atomic E-state index is 12.8. The number of hydrogen-bond acceptors (Lipinski definition) is 4. The zero-order valence-electron chi connectivity index (χ0n) is 19.1. The number of amides is 2. The van der Waals surface area contributed by atoms with Gasteiger partial charge in [0.2, 0.25) is 0 Å². The monoisotopic (exact) mass is 473 g/mol. The molecule has 7 nitrogen and oxygen atoms in total. The first-order valence-electron chi connectivity index (χ1n) is 11.4. The Labute approximate surface area is 200 Å². The van der Waals surface area contributed by atoms with Crippen molar-refractivity contribution < 1.29 is 19.4 Å². The number of nitrogens with zero attached hydrogens (tertiary/aromatic N) is 1. The number of urea groups is 1. The number of carboxylic acid groups (broad SMARTS) is 1. The van der Waals surface area contributed by atoms with Crippen LogP contribution >= 0.6 is 11.6 Å². The lowest BCUT2D eigenvalue weighted by molar-refractivity contribution is -0.137. The van der Waals surface area contributed by atoms with Crippen LogP contribution in [0.15, 0.2) is 42.5 Å². The van der Waals surface area contributed by atoms with Gasteiger partial charge in [-0.1, -0.05) is 24.6 Å². The van der Waals surface area contributed by atoms with Crippen molar-refractivity contribution in [2.75, 3.05) is 35.3 Å². The van der Waals surface area contributed by atoms with Crippen LogP contribution in [0.4, 0.5) is 21.9 Å². The van der Waals surface area contributed by atoms with Crippen LogP contribution in [0.5, 0.6) is 0 Å². The third-order valence-corrected chi connectivity index (χ3v) is 6.29. The molecule has 1 heterocycles. The molecule has 0 aliphatic carbocycles. The van der Waals surface area contributed by atoms with Crippen LogP contribution in [-0.4, -0.2) is 42.9 Å². The largest absolute Gasteiger partial charge is 0.481 e. The average molecular weight is 474 g/mol. The molecule has 1 aliphatic rings. The quantitative estimate of drug-likeness (QED) is 0.418. The third-order valence-electron chi connectivity index (χ3n) is 6.04. The first kappa shape index (κ1) is 24.9. The molecule has 2 aromatic carbocycles. The highest BCUT2D eigenvalue weighted by atomic mass is 35.5. The van der Waals surface area contributed by atoms with Crippen LogP contribution in [-0.2, 0) is 9.53 Å². The lowest BCUT2D eigenvalue weighted by atomic mass is 9.92. The van der Waals surface area contributed by atoms with E-state index in [0.29, 0.717) is 28.9 Å². The van der Waals surface area contributed by atoms with Gasteiger partial charge in [-0.2, -0.15) is 0 Å². The molecule has 3 rings (SSSR count). The van der Waals surface area contributed by atoms with Crippen molar-refractivity contribution in [1.82, 2.24) is 0 Å². The maximum Gasteiger partial charge on any atom is 0.323 e. The molecule has 1 saturated heterocycles. The molecule has 0 aromatic heterocycles. The van der Waals surface area contributed by atoms with Gasteiger partial charge in [0.15, 0.2) is 0 Å². The molecule has 1 atom stereocenters. The summed E-state index contributed by atoms with van der Waals surface area (Å²) in [6.45, 7) is 6.29. The van der Waals surface area contributed by atoms with Gasteiger partial charge in [-0.15, -0.1) is 0 Å². The second-order valence-electron chi connectivity index (χ2n) is 8.20. The van der Waals surface area contributed by atoms with Gasteiger partial charge in [0.25, 0.3) is 0 Å². The van der Waals surface area contributed by atoms with Crippen LogP contribution in [0.2, 0.25) is 5.02 Å². The number of carbonyl (C=O) groups is 2. The Morgan fingerprint density at radius 1 is 1.12 bits per heavy atom. The van der Waals surface area contributed by atoms with Gasteiger partial charge < -0.3 is 25.4 Å². The molecule has 1 aliphatic heterocycles.